The molecule has 0 heterocycles. The van der Waals surface area contributed by atoms with Crippen molar-refractivity contribution in [2.45, 2.75) is 65.1 Å². The summed E-state index contributed by atoms with van der Waals surface area (Å²) in [6.45, 7) is 8.16. The second-order valence-corrected chi connectivity index (χ2v) is 6.72. The van der Waals surface area contributed by atoms with Crippen molar-refractivity contribution in [3.63, 3.8) is 0 Å². The van der Waals surface area contributed by atoms with Crippen LogP contribution in [0.25, 0.3) is 0 Å². The lowest BCUT2D eigenvalue weighted by Gasteiger charge is -2.37. The summed E-state index contributed by atoms with van der Waals surface area (Å²) in [5.41, 5.74) is -0.917. The molecule has 1 unspecified atom stereocenters. The van der Waals surface area contributed by atoms with Crippen LogP contribution in [-0.2, 0) is 13.9 Å². The number of hydrogen-bond donors (Lipinski definition) is 0. The summed E-state index contributed by atoms with van der Waals surface area (Å²) in [5, 5.41) is 0. The molecule has 0 N–H and O–H groups in total. The highest BCUT2D eigenvalue weighted by atomic mass is 28.2. The van der Waals surface area contributed by atoms with Gasteiger partial charge in [0.15, 0.2) is 33.8 Å². The van der Waals surface area contributed by atoms with Crippen LogP contribution in [0.15, 0.2) is 0 Å². The van der Waals surface area contributed by atoms with Crippen molar-refractivity contribution in [2.24, 2.45) is 0 Å². The van der Waals surface area contributed by atoms with Gasteiger partial charge >= 0.3 is 0 Å². The maximum Gasteiger partial charge on any atom is 0.273 e. The summed E-state index contributed by atoms with van der Waals surface area (Å²) in [6.07, 6.45) is -0.946. The lowest BCUT2D eigenvalue weighted by atomic mass is 9.94. The first kappa shape index (κ1) is 22.0. The Labute approximate surface area is 147 Å². The molecule has 0 amide bonds. The Morgan fingerprint density at radius 2 is 1.12 bits per heavy atom. The second-order valence-electron chi connectivity index (χ2n) is 6.31. The topological polar surface area (TPSA) is 27.7 Å². The molecule has 0 aliphatic carbocycles. The minimum absolute atomic E-state index is 0.171. The lowest BCUT2D eigenvalue weighted by Crippen LogP contribution is -2.44. The van der Waals surface area contributed by atoms with Crippen molar-refractivity contribution in [3.8, 4) is 0 Å². The van der Waals surface area contributed by atoms with Gasteiger partial charge in [-0.1, -0.05) is 6.92 Å². The minimum atomic E-state index is -2.19. The Hall–Kier alpha value is -1.03. The fourth-order valence-corrected chi connectivity index (χ4v) is 2.91. The molecule has 25 heavy (non-hydrogen) atoms. The van der Waals surface area contributed by atoms with Crippen molar-refractivity contribution >= 4 is 10.5 Å². The largest absolute Gasteiger partial charge is 0.380 e. The Kier molecular flexibility index (Phi) is 7.54. The Bertz CT molecular complexity index is 571. The molecule has 0 spiro atoms. The first-order chi connectivity index (χ1) is 11.5. The van der Waals surface area contributed by atoms with Crippen LogP contribution in [0.3, 0.4) is 0 Å². The molecule has 9 heteroatoms. The molecule has 0 fully saturated rings. The van der Waals surface area contributed by atoms with E-state index in [4.69, 9.17) is 13.9 Å². The zero-order chi connectivity index (χ0) is 19.5. The van der Waals surface area contributed by atoms with Crippen LogP contribution in [-0.4, -0.2) is 28.7 Å². The standard InChI is InChI=1S/C16H23F5O3Si/c1-7(2)22-16(24-25,23-8(3)4)6-9(5)10-11(17)13(19)15(21)14(20)12(10)18/h7-9H,6H2,1-5,25H3. The number of halogens is 5. The van der Waals surface area contributed by atoms with E-state index >= 15 is 0 Å². The van der Waals surface area contributed by atoms with E-state index in [1.54, 1.807) is 27.7 Å². The molecule has 0 aromatic heterocycles. The predicted molar refractivity (Wildman–Crippen MR) is 85.5 cm³/mol. The number of ether oxygens (including phenoxy) is 2. The van der Waals surface area contributed by atoms with Gasteiger partial charge in [-0.05, 0) is 33.6 Å². The number of hydrogen-bond acceptors (Lipinski definition) is 3. The molecule has 0 aliphatic heterocycles. The molecule has 1 rings (SSSR count). The summed E-state index contributed by atoms with van der Waals surface area (Å²) >= 11 is 0. The summed E-state index contributed by atoms with van der Waals surface area (Å²) in [5.74, 6) is -12.6. The summed E-state index contributed by atoms with van der Waals surface area (Å²) in [7, 11) is 0.171. The fourth-order valence-electron chi connectivity index (χ4n) is 2.55. The van der Waals surface area contributed by atoms with Crippen molar-refractivity contribution < 1.29 is 35.9 Å². The van der Waals surface area contributed by atoms with Crippen molar-refractivity contribution in [2.75, 3.05) is 0 Å². The zero-order valence-corrected chi connectivity index (χ0v) is 17.1. The van der Waals surface area contributed by atoms with Crippen LogP contribution in [0, 0.1) is 29.1 Å². The highest BCUT2D eigenvalue weighted by molar-refractivity contribution is 5.98. The van der Waals surface area contributed by atoms with Crippen LogP contribution >= 0.6 is 0 Å². The van der Waals surface area contributed by atoms with Gasteiger partial charge in [-0.15, -0.1) is 0 Å². The van der Waals surface area contributed by atoms with E-state index in [1.165, 1.54) is 6.92 Å². The molecule has 1 atom stereocenters. The molecule has 1 aromatic rings. The summed E-state index contributed by atoms with van der Waals surface area (Å²) in [4.78, 5) is 0. The maximum atomic E-state index is 14.0. The molecular formula is C16H23F5O3Si. The van der Waals surface area contributed by atoms with E-state index in [0.717, 1.165) is 0 Å². The van der Waals surface area contributed by atoms with Crippen LogP contribution in [0.4, 0.5) is 22.0 Å². The predicted octanol–water partition coefficient (Wildman–Crippen LogP) is 3.68. The van der Waals surface area contributed by atoms with Gasteiger partial charge in [0, 0.05) is 12.0 Å². The van der Waals surface area contributed by atoms with Gasteiger partial charge < -0.3 is 13.9 Å². The Morgan fingerprint density at radius 1 is 0.760 bits per heavy atom. The van der Waals surface area contributed by atoms with Gasteiger partial charge in [0.25, 0.3) is 5.97 Å². The average Bonchev–Trinajstić information content (AvgIpc) is 2.49. The quantitative estimate of drug-likeness (QED) is 0.224. The first-order valence-electron chi connectivity index (χ1n) is 7.87. The maximum absolute atomic E-state index is 14.0. The third-order valence-electron chi connectivity index (χ3n) is 3.43. The van der Waals surface area contributed by atoms with Gasteiger partial charge in [-0.25, -0.2) is 22.0 Å². The van der Waals surface area contributed by atoms with E-state index in [2.05, 4.69) is 0 Å². The average molecular weight is 386 g/mol. The van der Waals surface area contributed by atoms with E-state index in [1.807, 2.05) is 0 Å². The SMILES string of the molecule is CC(C)OC(CC(C)c1c(F)c(F)c(F)c(F)c1F)(O[SiH3])OC(C)C. The molecule has 0 saturated heterocycles. The highest BCUT2D eigenvalue weighted by Gasteiger charge is 2.39. The second kappa shape index (κ2) is 8.57. The molecule has 0 aliphatic rings. The first-order valence-corrected chi connectivity index (χ1v) is 8.69. The van der Waals surface area contributed by atoms with E-state index < -0.39 is 46.5 Å². The summed E-state index contributed by atoms with van der Waals surface area (Å²) in [6, 6.07) is 0. The molecule has 144 valence electrons. The Morgan fingerprint density at radius 3 is 1.44 bits per heavy atom. The van der Waals surface area contributed by atoms with Crippen molar-refractivity contribution in [3.05, 3.63) is 34.6 Å². The summed E-state index contributed by atoms with van der Waals surface area (Å²) < 4.78 is 84.8. The lowest BCUT2D eigenvalue weighted by molar-refractivity contribution is -0.370. The molecular weight excluding hydrogens is 363 g/mol. The third-order valence-corrected chi connectivity index (χ3v) is 4.06. The number of benzene rings is 1. The van der Waals surface area contributed by atoms with Crippen molar-refractivity contribution in [1.82, 2.24) is 0 Å². The van der Waals surface area contributed by atoms with Crippen LogP contribution in [0.5, 0.6) is 0 Å². The van der Waals surface area contributed by atoms with Gasteiger partial charge in [0.05, 0.1) is 12.2 Å². The van der Waals surface area contributed by atoms with Crippen LogP contribution in [0.1, 0.15) is 52.5 Å². The van der Waals surface area contributed by atoms with E-state index in [9.17, 15) is 22.0 Å². The highest BCUT2D eigenvalue weighted by Crippen LogP contribution is 2.36. The zero-order valence-electron chi connectivity index (χ0n) is 15.1. The molecule has 1 aromatic carbocycles. The molecule has 0 bridgehead atoms. The van der Waals surface area contributed by atoms with E-state index in [0.29, 0.717) is 0 Å². The monoisotopic (exact) mass is 386 g/mol. The van der Waals surface area contributed by atoms with Gasteiger partial charge in [0.1, 0.15) is 0 Å². The fraction of sp³-hybridized carbons (Fsp3) is 0.625. The third kappa shape index (κ3) is 4.99. The van der Waals surface area contributed by atoms with Gasteiger partial charge in [-0.2, -0.15) is 0 Å². The van der Waals surface area contributed by atoms with Crippen LogP contribution < -0.4 is 0 Å². The Balaban J connectivity index is 3.31. The normalized spacial score (nSPS) is 13.9. The van der Waals surface area contributed by atoms with E-state index in [-0.39, 0.29) is 29.1 Å². The molecule has 0 saturated carbocycles. The number of rotatable bonds is 8. The van der Waals surface area contributed by atoms with Gasteiger partial charge in [0.2, 0.25) is 5.82 Å². The van der Waals surface area contributed by atoms with Crippen LogP contribution in [0.2, 0.25) is 0 Å². The van der Waals surface area contributed by atoms with Gasteiger partial charge in [-0.3, -0.25) is 0 Å². The minimum Gasteiger partial charge on any atom is -0.380 e. The smallest absolute Gasteiger partial charge is 0.273 e. The van der Waals surface area contributed by atoms with Crippen molar-refractivity contribution in [1.29, 1.82) is 0 Å². The molecule has 3 nitrogen and oxygen atoms in total. The molecule has 0 radical (unpaired) electrons.